The number of rotatable bonds is 7. The van der Waals surface area contributed by atoms with Gasteiger partial charge in [-0.3, -0.25) is 0 Å². The van der Waals surface area contributed by atoms with Gasteiger partial charge in [-0.2, -0.15) is 0 Å². The van der Waals surface area contributed by atoms with E-state index in [9.17, 15) is 0 Å². The molecular formula is C19H25OPSe. The van der Waals surface area contributed by atoms with Gasteiger partial charge >= 0.3 is 142 Å². The summed E-state index contributed by atoms with van der Waals surface area (Å²) in [6.45, 7) is 4.60. The summed E-state index contributed by atoms with van der Waals surface area (Å²) in [5.74, 6) is 1.03. The van der Waals surface area contributed by atoms with Crippen LogP contribution >= 0.6 is 5.74 Å². The SMILES string of the molecule is COP(=[Se])(CC(C)c1ccccc1)CC(C)c1ccccc1. The Kier molecular flexibility index (Phi) is 6.65. The predicted octanol–water partition coefficient (Wildman–Crippen LogP) is 5.26. The third kappa shape index (κ3) is 4.93. The van der Waals surface area contributed by atoms with Crippen LogP contribution in [0.15, 0.2) is 60.7 Å². The van der Waals surface area contributed by atoms with Gasteiger partial charge < -0.3 is 0 Å². The zero-order valence-corrected chi connectivity index (χ0v) is 16.2. The molecule has 0 aliphatic rings. The first-order valence-electron chi connectivity index (χ1n) is 7.78. The first kappa shape index (κ1) is 17.7. The van der Waals surface area contributed by atoms with Gasteiger partial charge in [-0.1, -0.05) is 0 Å². The van der Waals surface area contributed by atoms with Crippen molar-refractivity contribution in [3.8, 4) is 0 Å². The fraction of sp³-hybridized carbons (Fsp3) is 0.368. The van der Waals surface area contributed by atoms with Crippen molar-refractivity contribution in [2.24, 2.45) is 0 Å². The van der Waals surface area contributed by atoms with E-state index in [1.54, 1.807) is 0 Å². The summed E-state index contributed by atoms with van der Waals surface area (Å²) >= 11 is 3.43. The van der Waals surface area contributed by atoms with E-state index < -0.39 is 5.74 Å². The third-order valence-electron chi connectivity index (χ3n) is 4.17. The van der Waals surface area contributed by atoms with Gasteiger partial charge in [-0.15, -0.1) is 0 Å². The van der Waals surface area contributed by atoms with Crippen LogP contribution in [0.25, 0.3) is 0 Å². The molecule has 2 aromatic rings. The Balaban J connectivity index is 2.07. The normalized spacial score (nSPS) is 16.7. The topological polar surface area (TPSA) is 9.23 Å². The van der Waals surface area contributed by atoms with E-state index in [-0.39, 0.29) is 0 Å². The van der Waals surface area contributed by atoms with Crippen LogP contribution in [0.4, 0.5) is 0 Å². The van der Waals surface area contributed by atoms with Gasteiger partial charge in [0, 0.05) is 0 Å². The molecule has 2 atom stereocenters. The molecule has 0 radical (unpaired) electrons. The Labute approximate surface area is 142 Å². The van der Waals surface area contributed by atoms with Crippen LogP contribution in [0.3, 0.4) is 0 Å². The monoisotopic (exact) mass is 380 g/mol. The van der Waals surface area contributed by atoms with Crippen LogP contribution in [0.1, 0.15) is 36.8 Å². The quantitative estimate of drug-likeness (QED) is 0.471. The van der Waals surface area contributed by atoms with Gasteiger partial charge in [0.2, 0.25) is 0 Å². The van der Waals surface area contributed by atoms with Gasteiger partial charge in [0.1, 0.15) is 0 Å². The summed E-state index contributed by atoms with van der Waals surface area (Å²) in [6.07, 6.45) is 2.18. The van der Waals surface area contributed by atoms with Gasteiger partial charge in [0.15, 0.2) is 0 Å². The molecule has 0 N–H and O–H groups in total. The molecular weight excluding hydrogens is 354 g/mol. The molecule has 22 heavy (non-hydrogen) atoms. The summed E-state index contributed by atoms with van der Waals surface area (Å²) in [4.78, 5) is 0. The minimum atomic E-state index is -1.52. The van der Waals surface area contributed by atoms with Crippen molar-refractivity contribution < 1.29 is 4.52 Å². The average molecular weight is 379 g/mol. The van der Waals surface area contributed by atoms with Crippen LogP contribution in [-0.2, 0) is 4.52 Å². The molecule has 0 aromatic heterocycles. The molecule has 118 valence electrons. The van der Waals surface area contributed by atoms with Gasteiger partial charge in [0.25, 0.3) is 0 Å². The van der Waals surface area contributed by atoms with Crippen molar-refractivity contribution in [1.82, 2.24) is 0 Å². The maximum atomic E-state index is 5.98. The standard InChI is InChI=1S/C19H25OPSe/c1-16(18-10-6-4-7-11-18)14-21(22,20-3)15-17(2)19-12-8-5-9-13-19/h4-13,16-17H,14-15H2,1-3H3. The summed E-state index contributed by atoms with van der Waals surface area (Å²) in [5, 5.41) is 0. The van der Waals surface area contributed by atoms with E-state index in [0.29, 0.717) is 11.8 Å². The van der Waals surface area contributed by atoms with Crippen molar-refractivity contribution in [1.29, 1.82) is 0 Å². The molecule has 0 saturated carbocycles. The average Bonchev–Trinajstić information content (AvgIpc) is 2.56. The Morgan fingerprint density at radius 3 is 1.50 bits per heavy atom. The van der Waals surface area contributed by atoms with E-state index in [1.165, 1.54) is 11.1 Å². The van der Waals surface area contributed by atoms with Gasteiger partial charge in [-0.25, -0.2) is 0 Å². The Morgan fingerprint density at radius 2 is 1.18 bits per heavy atom. The van der Waals surface area contributed by atoms with Crippen molar-refractivity contribution in [3.63, 3.8) is 0 Å². The molecule has 0 amide bonds. The maximum absolute atomic E-state index is 5.98. The molecule has 0 aliphatic carbocycles. The van der Waals surface area contributed by atoms with Crippen molar-refractivity contribution in [2.75, 3.05) is 19.4 Å². The van der Waals surface area contributed by atoms with Crippen LogP contribution < -0.4 is 0 Å². The van der Waals surface area contributed by atoms with E-state index in [0.717, 1.165) is 12.3 Å². The van der Waals surface area contributed by atoms with E-state index in [1.807, 2.05) is 7.11 Å². The first-order valence-corrected chi connectivity index (χ1v) is 12.1. The molecule has 2 unspecified atom stereocenters. The summed E-state index contributed by atoms with van der Waals surface area (Å²) in [5.41, 5.74) is 1.27. The van der Waals surface area contributed by atoms with E-state index in [4.69, 9.17) is 4.52 Å². The number of hydrogen-bond donors (Lipinski definition) is 0. The second-order valence-corrected chi connectivity index (χ2v) is 12.9. The number of hydrogen-bond acceptors (Lipinski definition) is 1. The molecule has 0 heterocycles. The fourth-order valence-electron chi connectivity index (χ4n) is 2.83. The Morgan fingerprint density at radius 1 is 0.818 bits per heavy atom. The van der Waals surface area contributed by atoms with Crippen molar-refractivity contribution >= 4 is 20.8 Å². The minimum absolute atomic E-state index is 0.513. The molecule has 0 aliphatic heterocycles. The van der Waals surface area contributed by atoms with Gasteiger partial charge in [0.05, 0.1) is 0 Å². The van der Waals surface area contributed by atoms with Gasteiger partial charge in [-0.05, 0) is 0 Å². The molecule has 0 spiro atoms. The summed E-state index contributed by atoms with van der Waals surface area (Å²) < 4.78 is 5.98. The third-order valence-corrected chi connectivity index (χ3v) is 9.86. The zero-order chi connectivity index (χ0) is 16.0. The van der Waals surface area contributed by atoms with Crippen LogP contribution in [0.2, 0.25) is 0 Å². The molecule has 2 aromatic carbocycles. The first-order chi connectivity index (χ1) is 10.5. The zero-order valence-electron chi connectivity index (χ0n) is 13.6. The second-order valence-electron chi connectivity index (χ2n) is 5.99. The predicted molar refractivity (Wildman–Crippen MR) is 99.1 cm³/mol. The number of benzene rings is 2. The van der Waals surface area contributed by atoms with Crippen LogP contribution in [0.5, 0.6) is 0 Å². The summed E-state index contributed by atoms with van der Waals surface area (Å²) in [6, 6.07) is 21.5. The van der Waals surface area contributed by atoms with Crippen molar-refractivity contribution in [3.05, 3.63) is 71.8 Å². The fourth-order valence-corrected chi connectivity index (χ4v) is 8.18. The Hall–Kier alpha value is -0.651. The summed E-state index contributed by atoms with van der Waals surface area (Å²) in [7, 11) is 1.86. The van der Waals surface area contributed by atoms with Crippen molar-refractivity contribution in [2.45, 2.75) is 25.7 Å². The Bertz CT molecular complexity index is 560. The molecule has 0 fully saturated rings. The van der Waals surface area contributed by atoms with Crippen LogP contribution in [-0.4, -0.2) is 34.5 Å². The van der Waals surface area contributed by atoms with E-state index in [2.05, 4.69) is 89.6 Å². The molecule has 0 bridgehead atoms. The molecule has 2 rings (SSSR count). The molecule has 3 heteroatoms. The second kappa shape index (κ2) is 8.27. The van der Waals surface area contributed by atoms with Crippen LogP contribution in [0, 0.1) is 0 Å². The molecule has 1 nitrogen and oxygen atoms in total. The van der Waals surface area contributed by atoms with E-state index >= 15 is 0 Å². The molecule has 0 saturated heterocycles.